The van der Waals surface area contributed by atoms with E-state index in [1.54, 1.807) is 0 Å². The van der Waals surface area contributed by atoms with Gasteiger partial charge in [-0.1, -0.05) is 40.2 Å². The number of alkyl halides is 1. The zero-order valence-electron chi connectivity index (χ0n) is 9.53. The molecule has 88 valence electrons. The Kier molecular flexibility index (Phi) is 4.08. The summed E-state index contributed by atoms with van der Waals surface area (Å²) in [5.74, 6) is 0.524. The van der Waals surface area contributed by atoms with Crippen LogP contribution < -0.4 is 4.90 Å². The molecule has 0 fully saturated rings. The fourth-order valence-corrected chi connectivity index (χ4v) is 2.56. The van der Waals surface area contributed by atoms with Gasteiger partial charge in [0.2, 0.25) is 0 Å². The quantitative estimate of drug-likeness (QED) is 0.725. The van der Waals surface area contributed by atoms with Crippen molar-refractivity contribution in [3.8, 4) is 0 Å². The first-order chi connectivity index (χ1) is 8.22. The van der Waals surface area contributed by atoms with Gasteiger partial charge in [0.25, 0.3) is 0 Å². The summed E-state index contributed by atoms with van der Waals surface area (Å²) in [6, 6.07) is 16.5. The molecule has 0 saturated carbocycles. The standard InChI is InChI=1S/C14H13BrClN/c1-17(12-5-3-2-4-6-12)13-8-7-11(10-16)14(15)9-13/h2-9H,10H2,1H3. The molecule has 0 heterocycles. The molecule has 0 saturated heterocycles. The molecule has 0 radical (unpaired) electrons. The Morgan fingerprint density at radius 2 is 1.76 bits per heavy atom. The van der Waals surface area contributed by atoms with E-state index in [1.165, 1.54) is 0 Å². The van der Waals surface area contributed by atoms with E-state index in [2.05, 4.69) is 52.1 Å². The molecule has 0 bridgehead atoms. The fourth-order valence-electron chi connectivity index (χ4n) is 1.65. The molecule has 1 nitrogen and oxygen atoms in total. The summed E-state index contributed by atoms with van der Waals surface area (Å²) in [4.78, 5) is 2.14. The Balaban J connectivity index is 2.32. The van der Waals surface area contributed by atoms with Crippen molar-refractivity contribution >= 4 is 38.9 Å². The summed E-state index contributed by atoms with van der Waals surface area (Å²) in [5.41, 5.74) is 3.41. The highest BCUT2D eigenvalue weighted by Gasteiger charge is 2.05. The van der Waals surface area contributed by atoms with Crippen molar-refractivity contribution in [1.82, 2.24) is 0 Å². The zero-order valence-corrected chi connectivity index (χ0v) is 11.9. The number of rotatable bonds is 3. The third-order valence-electron chi connectivity index (χ3n) is 2.71. The van der Waals surface area contributed by atoms with Gasteiger partial charge < -0.3 is 4.90 Å². The molecule has 0 aliphatic carbocycles. The van der Waals surface area contributed by atoms with Crippen LogP contribution in [-0.2, 0) is 5.88 Å². The molecule has 0 unspecified atom stereocenters. The van der Waals surface area contributed by atoms with Crippen molar-refractivity contribution in [2.75, 3.05) is 11.9 Å². The number of anilines is 2. The second-order valence-electron chi connectivity index (χ2n) is 3.80. The minimum Gasteiger partial charge on any atom is -0.345 e. The van der Waals surface area contributed by atoms with Crippen molar-refractivity contribution < 1.29 is 0 Å². The first kappa shape index (κ1) is 12.5. The van der Waals surface area contributed by atoms with Crippen molar-refractivity contribution in [2.45, 2.75) is 5.88 Å². The van der Waals surface area contributed by atoms with Crippen LogP contribution in [0, 0.1) is 0 Å². The largest absolute Gasteiger partial charge is 0.345 e. The minimum absolute atomic E-state index is 0.524. The van der Waals surface area contributed by atoms with E-state index in [1.807, 2.05) is 24.3 Å². The SMILES string of the molecule is CN(c1ccccc1)c1ccc(CCl)c(Br)c1. The topological polar surface area (TPSA) is 3.24 Å². The van der Waals surface area contributed by atoms with Crippen molar-refractivity contribution in [3.63, 3.8) is 0 Å². The Morgan fingerprint density at radius 3 is 2.35 bits per heavy atom. The number of para-hydroxylation sites is 1. The zero-order chi connectivity index (χ0) is 12.3. The van der Waals surface area contributed by atoms with E-state index in [0.717, 1.165) is 21.4 Å². The lowest BCUT2D eigenvalue weighted by molar-refractivity contribution is 1.20. The van der Waals surface area contributed by atoms with Gasteiger partial charge in [0.1, 0.15) is 0 Å². The lowest BCUT2D eigenvalue weighted by atomic mass is 10.2. The summed E-state index contributed by atoms with van der Waals surface area (Å²) < 4.78 is 1.05. The second-order valence-corrected chi connectivity index (χ2v) is 4.93. The van der Waals surface area contributed by atoms with Crippen LogP contribution in [0.25, 0.3) is 0 Å². The molecule has 2 aromatic rings. The van der Waals surface area contributed by atoms with E-state index in [4.69, 9.17) is 11.6 Å². The third kappa shape index (κ3) is 2.82. The molecule has 0 atom stereocenters. The molecule has 17 heavy (non-hydrogen) atoms. The maximum Gasteiger partial charge on any atom is 0.0485 e. The maximum absolute atomic E-state index is 5.84. The van der Waals surface area contributed by atoms with Crippen molar-refractivity contribution in [2.24, 2.45) is 0 Å². The van der Waals surface area contributed by atoms with E-state index in [-0.39, 0.29) is 0 Å². The Morgan fingerprint density at radius 1 is 1.06 bits per heavy atom. The summed E-state index contributed by atoms with van der Waals surface area (Å²) in [7, 11) is 2.05. The van der Waals surface area contributed by atoms with Gasteiger partial charge in [-0.15, -0.1) is 11.6 Å². The Hall–Kier alpha value is -0.990. The molecule has 0 aliphatic heterocycles. The van der Waals surface area contributed by atoms with Gasteiger partial charge in [-0.05, 0) is 29.8 Å². The number of nitrogens with zero attached hydrogens (tertiary/aromatic N) is 1. The number of hydrogen-bond donors (Lipinski definition) is 0. The maximum atomic E-state index is 5.84. The average molecular weight is 311 g/mol. The van der Waals surface area contributed by atoms with Crippen molar-refractivity contribution in [1.29, 1.82) is 0 Å². The molecule has 0 aromatic heterocycles. The molecule has 0 N–H and O–H groups in total. The molecule has 0 amide bonds. The molecule has 2 aromatic carbocycles. The lowest BCUT2D eigenvalue weighted by Crippen LogP contribution is -2.09. The number of halogens is 2. The summed E-state index contributed by atoms with van der Waals surface area (Å²) >= 11 is 9.37. The van der Waals surface area contributed by atoms with Crippen LogP contribution >= 0.6 is 27.5 Å². The molecule has 3 heteroatoms. The van der Waals surface area contributed by atoms with Gasteiger partial charge in [0.15, 0.2) is 0 Å². The summed E-state index contributed by atoms with van der Waals surface area (Å²) in [6.45, 7) is 0. The van der Waals surface area contributed by atoms with Crippen LogP contribution in [-0.4, -0.2) is 7.05 Å². The third-order valence-corrected chi connectivity index (χ3v) is 3.74. The van der Waals surface area contributed by atoms with Crippen LogP contribution in [0.5, 0.6) is 0 Å². The molecule has 2 rings (SSSR count). The monoisotopic (exact) mass is 309 g/mol. The van der Waals surface area contributed by atoms with Crippen LogP contribution in [0.3, 0.4) is 0 Å². The molecular formula is C14H13BrClN. The smallest absolute Gasteiger partial charge is 0.0485 e. The average Bonchev–Trinajstić information content (AvgIpc) is 2.39. The first-order valence-electron chi connectivity index (χ1n) is 5.35. The first-order valence-corrected chi connectivity index (χ1v) is 6.68. The van der Waals surface area contributed by atoms with Gasteiger partial charge in [0.05, 0.1) is 0 Å². The van der Waals surface area contributed by atoms with Gasteiger partial charge in [-0.25, -0.2) is 0 Å². The van der Waals surface area contributed by atoms with Crippen LogP contribution in [0.15, 0.2) is 53.0 Å². The molecule has 0 aliphatic rings. The molecular weight excluding hydrogens is 298 g/mol. The summed E-state index contributed by atoms with van der Waals surface area (Å²) in [5, 5.41) is 0. The highest BCUT2D eigenvalue weighted by molar-refractivity contribution is 9.10. The van der Waals surface area contributed by atoms with Crippen LogP contribution in [0.1, 0.15) is 5.56 Å². The van der Waals surface area contributed by atoms with E-state index >= 15 is 0 Å². The predicted octanol–water partition coefficient (Wildman–Crippen LogP) is 4.96. The van der Waals surface area contributed by atoms with Gasteiger partial charge in [-0.3, -0.25) is 0 Å². The van der Waals surface area contributed by atoms with Crippen LogP contribution in [0.4, 0.5) is 11.4 Å². The van der Waals surface area contributed by atoms with E-state index in [0.29, 0.717) is 5.88 Å². The Bertz CT molecular complexity index is 499. The molecule has 0 spiro atoms. The van der Waals surface area contributed by atoms with Gasteiger partial charge in [0, 0.05) is 28.8 Å². The summed E-state index contributed by atoms with van der Waals surface area (Å²) in [6.07, 6.45) is 0. The predicted molar refractivity (Wildman–Crippen MR) is 78.2 cm³/mol. The van der Waals surface area contributed by atoms with E-state index in [9.17, 15) is 0 Å². The lowest BCUT2D eigenvalue weighted by Gasteiger charge is -2.20. The minimum atomic E-state index is 0.524. The highest BCUT2D eigenvalue weighted by atomic mass is 79.9. The number of hydrogen-bond acceptors (Lipinski definition) is 1. The second kappa shape index (κ2) is 5.56. The van der Waals surface area contributed by atoms with E-state index < -0.39 is 0 Å². The number of benzene rings is 2. The normalized spacial score (nSPS) is 10.3. The van der Waals surface area contributed by atoms with Crippen LogP contribution in [0.2, 0.25) is 0 Å². The van der Waals surface area contributed by atoms with Crippen molar-refractivity contribution in [3.05, 3.63) is 58.6 Å². The van der Waals surface area contributed by atoms with Gasteiger partial charge in [-0.2, -0.15) is 0 Å². The highest BCUT2D eigenvalue weighted by Crippen LogP contribution is 2.28. The van der Waals surface area contributed by atoms with Gasteiger partial charge >= 0.3 is 0 Å². The Labute approximate surface area is 115 Å². The fraction of sp³-hybridized carbons (Fsp3) is 0.143.